The predicted molar refractivity (Wildman–Crippen MR) is 236 cm³/mol. The molecule has 0 aromatic carbocycles. The van der Waals surface area contributed by atoms with Gasteiger partial charge in [0.2, 0.25) is 0 Å². The Morgan fingerprint density at radius 3 is 1.61 bits per heavy atom. The first-order valence-electron chi connectivity index (χ1n) is 22.6. The van der Waals surface area contributed by atoms with E-state index in [1.54, 1.807) is 12.2 Å². The number of carboxylic acid groups (broad SMARTS) is 1. The Morgan fingerprint density at radius 1 is 0.576 bits per heavy atom. The van der Waals surface area contributed by atoms with E-state index in [9.17, 15) is 28.6 Å². The molecule has 0 aliphatic carbocycles. The molecular weight excluding hydrogens is 773 g/mol. The van der Waals surface area contributed by atoms with Crippen molar-refractivity contribution in [1.29, 1.82) is 0 Å². The molecule has 340 valence electrons. The lowest BCUT2D eigenvalue weighted by atomic mass is 10.1. The molecule has 13 heteroatoms. The summed E-state index contributed by atoms with van der Waals surface area (Å²) < 4.78 is 32.6. The highest BCUT2D eigenvalue weighted by Gasteiger charge is 2.28. The van der Waals surface area contributed by atoms with Gasteiger partial charge >= 0.3 is 25.7 Å². The number of allylic oxidation sites excluding steroid dienone is 8. The summed E-state index contributed by atoms with van der Waals surface area (Å²) in [6, 6.07) is -1.54. The Hall–Kier alpha value is -2.89. The van der Waals surface area contributed by atoms with E-state index < -0.39 is 51.1 Å². The zero-order valence-electron chi connectivity index (χ0n) is 36.6. The Balaban J connectivity index is 4.41. The van der Waals surface area contributed by atoms with Gasteiger partial charge in [0.15, 0.2) is 11.9 Å². The van der Waals surface area contributed by atoms with E-state index >= 15 is 0 Å². The van der Waals surface area contributed by atoms with E-state index in [0.29, 0.717) is 19.3 Å². The minimum Gasteiger partial charge on any atom is -0.480 e. The van der Waals surface area contributed by atoms with E-state index in [2.05, 4.69) is 48.8 Å². The van der Waals surface area contributed by atoms with Gasteiger partial charge in [-0.15, -0.1) is 0 Å². The summed E-state index contributed by atoms with van der Waals surface area (Å²) >= 11 is 0. The van der Waals surface area contributed by atoms with Crippen LogP contribution in [0.1, 0.15) is 187 Å². The van der Waals surface area contributed by atoms with Crippen LogP contribution in [0.25, 0.3) is 0 Å². The molecule has 0 rings (SSSR count). The minimum atomic E-state index is -4.75. The second-order valence-electron chi connectivity index (χ2n) is 15.2. The molecule has 0 aliphatic heterocycles. The van der Waals surface area contributed by atoms with E-state index in [1.165, 1.54) is 70.6 Å². The fourth-order valence-electron chi connectivity index (χ4n) is 5.90. The summed E-state index contributed by atoms with van der Waals surface area (Å²) in [7, 11) is -4.75. The number of phosphoric ester groups is 1. The molecule has 0 aliphatic rings. The number of ether oxygens (including phenoxy) is 2. The minimum absolute atomic E-state index is 0.0756. The number of carbonyl (C=O) groups excluding carboxylic acids is 3. The lowest BCUT2D eigenvalue weighted by molar-refractivity contribution is -0.161. The molecule has 0 spiro atoms. The number of carboxylic acids is 1. The van der Waals surface area contributed by atoms with Gasteiger partial charge in [0.05, 0.1) is 13.2 Å². The molecule has 0 aromatic heterocycles. The fourth-order valence-corrected chi connectivity index (χ4v) is 6.68. The number of esters is 2. The highest BCUT2D eigenvalue weighted by atomic mass is 31.2. The molecule has 4 N–H and O–H groups in total. The molecule has 12 nitrogen and oxygen atoms in total. The van der Waals surface area contributed by atoms with Crippen LogP contribution in [0.4, 0.5) is 0 Å². The molecule has 0 radical (unpaired) electrons. The maximum Gasteiger partial charge on any atom is 0.472 e. The number of phosphoric acid groups is 1. The van der Waals surface area contributed by atoms with Gasteiger partial charge in [-0.2, -0.15) is 0 Å². The predicted octanol–water partition coefficient (Wildman–Crippen LogP) is 11.4. The summed E-state index contributed by atoms with van der Waals surface area (Å²) in [6.45, 7) is 2.60. The van der Waals surface area contributed by atoms with Crippen molar-refractivity contribution in [3.05, 3.63) is 48.6 Å². The average molecular weight is 854 g/mol. The SMILES string of the molecule is CCCCC/C=C\C=C\C(=O)CCCCCCCC(=O)O[C@H](COC(=O)CCCCCCCCCCC/C=C\C/C=C\CCCCC)COP(=O)(O)OC[C@H](N)C(=O)O. The quantitative estimate of drug-likeness (QED) is 0.0132. The lowest BCUT2D eigenvalue weighted by Gasteiger charge is -2.20. The van der Waals surface area contributed by atoms with Gasteiger partial charge in [0.25, 0.3) is 0 Å². The summed E-state index contributed by atoms with van der Waals surface area (Å²) in [6.07, 6.45) is 41.3. The van der Waals surface area contributed by atoms with Crippen molar-refractivity contribution in [3.8, 4) is 0 Å². The van der Waals surface area contributed by atoms with E-state index in [-0.39, 0.29) is 25.2 Å². The highest BCUT2D eigenvalue weighted by Crippen LogP contribution is 2.43. The Kier molecular flexibility index (Phi) is 38.5. The van der Waals surface area contributed by atoms with E-state index in [1.807, 2.05) is 6.08 Å². The molecule has 0 fully saturated rings. The number of hydrogen-bond acceptors (Lipinski definition) is 10. The summed E-state index contributed by atoms with van der Waals surface area (Å²) in [5.74, 6) is -2.40. The standard InChI is InChI=1S/C46H80NO11P/c1-3-5-7-9-11-12-13-14-15-16-17-18-19-20-21-22-24-28-32-36-44(49)55-38-42(39-56-59(53,54)57-40-43(47)46(51)52)58-45(50)37-33-29-25-27-31-35-41(48)34-30-26-23-10-8-6-4-2/h11-12,14-15,23,26,30,34,42-43H,3-10,13,16-22,24-25,27-29,31-33,35-40,47H2,1-2H3,(H,51,52)(H,53,54)/b12-11-,15-14-,26-23-,34-30+/t42-,43+/m1/s1. The monoisotopic (exact) mass is 854 g/mol. The Labute approximate surface area is 356 Å². The van der Waals surface area contributed by atoms with Crippen LogP contribution in [0.5, 0.6) is 0 Å². The van der Waals surface area contributed by atoms with Gasteiger partial charge in [-0.1, -0.05) is 146 Å². The second-order valence-corrected chi connectivity index (χ2v) is 16.7. The average Bonchev–Trinajstić information content (AvgIpc) is 3.21. The van der Waals surface area contributed by atoms with Crippen LogP contribution in [0, 0.1) is 0 Å². The molecule has 0 aromatic rings. The van der Waals surface area contributed by atoms with E-state index in [4.69, 9.17) is 24.8 Å². The van der Waals surface area contributed by atoms with Gasteiger partial charge in [-0.05, 0) is 70.3 Å². The third-order valence-electron chi connectivity index (χ3n) is 9.53. The zero-order chi connectivity index (χ0) is 43.7. The van der Waals surface area contributed by atoms with Crippen LogP contribution in [-0.4, -0.2) is 65.7 Å². The molecular formula is C46H80NO11P. The molecule has 0 saturated carbocycles. The highest BCUT2D eigenvalue weighted by molar-refractivity contribution is 7.47. The first-order valence-corrected chi connectivity index (χ1v) is 24.1. The number of unbranched alkanes of at least 4 members (excludes halogenated alkanes) is 19. The number of rotatable bonds is 42. The van der Waals surface area contributed by atoms with Gasteiger partial charge in [-0.3, -0.25) is 28.2 Å². The first-order chi connectivity index (χ1) is 28.5. The van der Waals surface area contributed by atoms with E-state index in [0.717, 1.165) is 70.6 Å². The topological polar surface area (TPSA) is 189 Å². The van der Waals surface area contributed by atoms with Crippen molar-refractivity contribution in [1.82, 2.24) is 0 Å². The van der Waals surface area contributed by atoms with Crippen molar-refractivity contribution in [3.63, 3.8) is 0 Å². The molecule has 0 bridgehead atoms. The second kappa shape index (κ2) is 40.5. The number of hydrogen-bond donors (Lipinski definition) is 3. The summed E-state index contributed by atoms with van der Waals surface area (Å²) in [5.41, 5.74) is 5.33. The lowest BCUT2D eigenvalue weighted by Crippen LogP contribution is -2.34. The maximum atomic E-state index is 12.6. The van der Waals surface area contributed by atoms with Crippen LogP contribution in [0.15, 0.2) is 48.6 Å². The molecule has 0 saturated heterocycles. The zero-order valence-corrected chi connectivity index (χ0v) is 37.5. The molecule has 1 unspecified atom stereocenters. The fraction of sp³-hybridized carbons (Fsp3) is 0.739. The molecule has 3 atom stereocenters. The number of carbonyl (C=O) groups is 4. The van der Waals surface area contributed by atoms with Crippen LogP contribution in [0.3, 0.4) is 0 Å². The first kappa shape index (κ1) is 56.1. The molecule has 0 heterocycles. The molecule has 59 heavy (non-hydrogen) atoms. The van der Waals surface area contributed by atoms with Crippen LogP contribution < -0.4 is 5.73 Å². The van der Waals surface area contributed by atoms with Gasteiger partial charge in [-0.25, -0.2) is 4.57 Å². The normalized spacial score (nSPS) is 14.0. The van der Waals surface area contributed by atoms with Crippen molar-refractivity contribution in [2.45, 2.75) is 199 Å². The smallest absolute Gasteiger partial charge is 0.472 e. The third-order valence-corrected chi connectivity index (χ3v) is 10.5. The van der Waals surface area contributed by atoms with Crippen molar-refractivity contribution >= 4 is 31.5 Å². The Bertz CT molecular complexity index is 1250. The molecule has 0 amide bonds. The van der Waals surface area contributed by atoms with Gasteiger partial charge in [0.1, 0.15) is 12.6 Å². The van der Waals surface area contributed by atoms with Crippen LogP contribution >= 0.6 is 7.82 Å². The number of aliphatic carboxylic acids is 1. The van der Waals surface area contributed by atoms with Gasteiger partial charge < -0.3 is 25.2 Å². The van der Waals surface area contributed by atoms with Crippen molar-refractivity contribution in [2.24, 2.45) is 5.73 Å². The van der Waals surface area contributed by atoms with Crippen molar-refractivity contribution in [2.75, 3.05) is 19.8 Å². The number of nitrogens with two attached hydrogens (primary N) is 1. The maximum absolute atomic E-state index is 12.6. The largest absolute Gasteiger partial charge is 0.480 e. The summed E-state index contributed by atoms with van der Waals surface area (Å²) in [5, 5.41) is 8.89. The Morgan fingerprint density at radius 2 is 1.05 bits per heavy atom. The third kappa shape index (κ3) is 40.3. The van der Waals surface area contributed by atoms with Crippen LogP contribution in [-0.2, 0) is 42.3 Å². The summed E-state index contributed by atoms with van der Waals surface area (Å²) in [4.78, 5) is 58.0. The van der Waals surface area contributed by atoms with Crippen molar-refractivity contribution < 1.29 is 52.3 Å². The number of ketones is 1. The van der Waals surface area contributed by atoms with Crippen LogP contribution in [0.2, 0.25) is 0 Å². The van der Waals surface area contributed by atoms with Gasteiger partial charge in [0, 0.05) is 19.3 Å².